The quantitative estimate of drug-likeness (QED) is 0.895. The molecule has 0 bridgehead atoms. The molecule has 2 heterocycles. The standard InChI is InChI=1S/C12H14ClN3O2/c1-18-6-5-16-11(10(13)8-15-16)12(17)9-3-2-4-14-7-9/h2-4,7-8,12,17H,5-6H2,1H3. The van der Waals surface area contributed by atoms with Crippen molar-refractivity contribution in [2.75, 3.05) is 13.7 Å². The maximum atomic E-state index is 10.3. The molecular weight excluding hydrogens is 254 g/mol. The van der Waals surface area contributed by atoms with Gasteiger partial charge in [-0.1, -0.05) is 17.7 Å². The Kier molecular flexibility index (Phi) is 4.30. The fourth-order valence-electron chi connectivity index (χ4n) is 1.70. The van der Waals surface area contributed by atoms with Crippen LogP contribution in [0.5, 0.6) is 0 Å². The number of hydrogen-bond acceptors (Lipinski definition) is 4. The zero-order chi connectivity index (χ0) is 13.0. The van der Waals surface area contributed by atoms with E-state index >= 15 is 0 Å². The van der Waals surface area contributed by atoms with Crippen LogP contribution in [0.3, 0.4) is 0 Å². The summed E-state index contributed by atoms with van der Waals surface area (Å²) >= 11 is 6.06. The molecule has 0 radical (unpaired) electrons. The molecule has 0 spiro atoms. The van der Waals surface area contributed by atoms with Crippen LogP contribution in [-0.4, -0.2) is 33.6 Å². The predicted octanol–water partition coefficient (Wildman–Crippen LogP) is 1.66. The first kappa shape index (κ1) is 13.0. The minimum absolute atomic E-state index is 0.433. The van der Waals surface area contributed by atoms with Gasteiger partial charge in [-0.25, -0.2) is 0 Å². The van der Waals surface area contributed by atoms with Gasteiger partial charge in [-0.05, 0) is 6.07 Å². The van der Waals surface area contributed by atoms with Gasteiger partial charge in [0.1, 0.15) is 6.10 Å². The lowest BCUT2D eigenvalue weighted by Gasteiger charge is -2.13. The van der Waals surface area contributed by atoms with Crippen molar-refractivity contribution < 1.29 is 9.84 Å². The van der Waals surface area contributed by atoms with E-state index in [0.29, 0.717) is 29.4 Å². The number of nitrogens with zero attached hydrogens (tertiary/aromatic N) is 3. The first-order valence-electron chi connectivity index (χ1n) is 5.52. The topological polar surface area (TPSA) is 60.2 Å². The Labute approximate surface area is 110 Å². The molecule has 6 heteroatoms. The molecule has 0 aliphatic heterocycles. The van der Waals surface area contributed by atoms with Crippen LogP contribution in [0, 0.1) is 0 Å². The van der Waals surface area contributed by atoms with Crippen LogP contribution in [-0.2, 0) is 11.3 Å². The highest BCUT2D eigenvalue weighted by Gasteiger charge is 2.19. The molecule has 96 valence electrons. The number of ether oxygens (including phenoxy) is 1. The number of rotatable bonds is 5. The van der Waals surface area contributed by atoms with Gasteiger partial charge in [0.2, 0.25) is 0 Å². The van der Waals surface area contributed by atoms with E-state index in [4.69, 9.17) is 16.3 Å². The summed E-state index contributed by atoms with van der Waals surface area (Å²) in [6.45, 7) is 1.04. The van der Waals surface area contributed by atoms with Crippen molar-refractivity contribution in [3.63, 3.8) is 0 Å². The summed E-state index contributed by atoms with van der Waals surface area (Å²) < 4.78 is 6.64. The normalized spacial score (nSPS) is 12.6. The predicted molar refractivity (Wildman–Crippen MR) is 67.4 cm³/mol. The highest BCUT2D eigenvalue weighted by atomic mass is 35.5. The molecular formula is C12H14ClN3O2. The monoisotopic (exact) mass is 267 g/mol. The van der Waals surface area contributed by atoms with Crippen molar-refractivity contribution in [2.45, 2.75) is 12.6 Å². The van der Waals surface area contributed by atoms with E-state index in [-0.39, 0.29) is 0 Å². The molecule has 0 saturated heterocycles. The average Bonchev–Trinajstić information content (AvgIpc) is 2.77. The number of aromatic nitrogens is 3. The molecule has 0 amide bonds. The fourth-order valence-corrected chi connectivity index (χ4v) is 1.94. The summed E-state index contributed by atoms with van der Waals surface area (Å²) in [6, 6.07) is 3.56. The van der Waals surface area contributed by atoms with Crippen LogP contribution >= 0.6 is 11.6 Å². The number of aliphatic hydroxyl groups is 1. The minimum atomic E-state index is -0.842. The van der Waals surface area contributed by atoms with Crippen LogP contribution in [0.25, 0.3) is 0 Å². The Morgan fingerprint density at radius 2 is 2.33 bits per heavy atom. The van der Waals surface area contributed by atoms with Gasteiger partial charge in [0, 0.05) is 25.1 Å². The van der Waals surface area contributed by atoms with Gasteiger partial charge >= 0.3 is 0 Å². The molecule has 1 unspecified atom stereocenters. The second kappa shape index (κ2) is 5.95. The summed E-state index contributed by atoms with van der Waals surface area (Å²) in [7, 11) is 1.61. The van der Waals surface area contributed by atoms with Gasteiger partial charge in [-0.15, -0.1) is 0 Å². The Morgan fingerprint density at radius 1 is 1.50 bits per heavy atom. The number of halogens is 1. The van der Waals surface area contributed by atoms with Crippen molar-refractivity contribution in [3.05, 3.63) is 47.0 Å². The van der Waals surface area contributed by atoms with E-state index in [1.807, 2.05) is 0 Å². The van der Waals surface area contributed by atoms with E-state index in [9.17, 15) is 5.11 Å². The second-order valence-electron chi connectivity index (χ2n) is 3.78. The summed E-state index contributed by atoms with van der Waals surface area (Å²) in [5.74, 6) is 0. The highest BCUT2D eigenvalue weighted by molar-refractivity contribution is 6.31. The van der Waals surface area contributed by atoms with Gasteiger partial charge in [0.25, 0.3) is 0 Å². The van der Waals surface area contributed by atoms with Crippen molar-refractivity contribution in [1.82, 2.24) is 14.8 Å². The molecule has 1 N–H and O–H groups in total. The SMILES string of the molecule is COCCn1ncc(Cl)c1C(O)c1cccnc1. The van der Waals surface area contributed by atoms with Gasteiger partial charge in [-0.2, -0.15) is 5.10 Å². The van der Waals surface area contributed by atoms with E-state index in [2.05, 4.69) is 10.1 Å². The molecule has 2 aromatic heterocycles. The molecule has 0 saturated carbocycles. The molecule has 2 aromatic rings. The summed E-state index contributed by atoms with van der Waals surface area (Å²) in [4.78, 5) is 3.98. The number of aliphatic hydroxyl groups excluding tert-OH is 1. The summed E-state index contributed by atoms with van der Waals surface area (Å²) in [5.41, 5.74) is 1.24. The third-order valence-electron chi connectivity index (χ3n) is 2.60. The smallest absolute Gasteiger partial charge is 0.124 e. The number of pyridine rings is 1. The molecule has 18 heavy (non-hydrogen) atoms. The number of hydrogen-bond donors (Lipinski definition) is 1. The summed E-state index contributed by atoms with van der Waals surface area (Å²) in [6.07, 6.45) is 3.94. The van der Waals surface area contributed by atoms with Gasteiger partial charge in [0.05, 0.1) is 30.1 Å². The largest absolute Gasteiger partial charge is 0.383 e. The van der Waals surface area contributed by atoms with Crippen LogP contribution in [0.15, 0.2) is 30.7 Å². The first-order valence-corrected chi connectivity index (χ1v) is 5.90. The van der Waals surface area contributed by atoms with E-state index in [1.54, 1.807) is 36.3 Å². The van der Waals surface area contributed by atoms with Gasteiger partial charge in [0.15, 0.2) is 0 Å². The van der Waals surface area contributed by atoms with Crippen LogP contribution in [0.4, 0.5) is 0 Å². The van der Waals surface area contributed by atoms with E-state index < -0.39 is 6.10 Å². The molecule has 0 aliphatic carbocycles. The average molecular weight is 268 g/mol. The Bertz CT molecular complexity index is 501. The van der Waals surface area contributed by atoms with Crippen LogP contribution in [0.2, 0.25) is 5.02 Å². The van der Waals surface area contributed by atoms with Crippen molar-refractivity contribution in [1.29, 1.82) is 0 Å². The summed E-state index contributed by atoms with van der Waals surface area (Å²) in [5, 5.41) is 14.9. The van der Waals surface area contributed by atoms with E-state index in [0.717, 1.165) is 0 Å². The van der Waals surface area contributed by atoms with Crippen LogP contribution < -0.4 is 0 Å². The Hall–Kier alpha value is -1.43. The maximum absolute atomic E-state index is 10.3. The molecule has 1 atom stereocenters. The lowest BCUT2D eigenvalue weighted by Crippen LogP contribution is -2.13. The molecule has 2 rings (SSSR count). The Morgan fingerprint density at radius 3 is 3.00 bits per heavy atom. The van der Waals surface area contributed by atoms with Crippen molar-refractivity contribution >= 4 is 11.6 Å². The minimum Gasteiger partial charge on any atom is -0.383 e. The molecule has 0 aromatic carbocycles. The molecule has 5 nitrogen and oxygen atoms in total. The fraction of sp³-hybridized carbons (Fsp3) is 0.333. The third kappa shape index (κ3) is 2.69. The van der Waals surface area contributed by atoms with E-state index in [1.165, 1.54) is 6.20 Å². The second-order valence-corrected chi connectivity index (χ2v) is 4.19. The zero-order valence-corrected chi connectivity index (χ0v) is 10.7. The lowest BCUT2D eigenvalue weighted by molar-refractivity contribution is 0.171. The van der Waals surface area contributed by atoms with Crippen LogP contribution in [0.1, 0.15) is 17.4 Å². The highest BCUT2D eigenvalue weighted by Crippen LogP contribution is 2.27. The third-order valence-corrected chi connectivity index (χ3v) is 2.89. The van der Waals surface area contributed by atoms with Gasteiger partial charge in [-0.3, -0.25) is 9.67 Å². The van der Waals surface area contributed by atoms with Crippen molar-refractivity contribution in [2.24, 2.45) is 0 Å². The molecule has 0 aliphatic rings. The van der Waals surface area contributed by atoms with Crippen molar-refractivity contribution in [3.8, 4) is 0 Å². The Balaban J connectivity index is 2.29. The molecule has 0 fully saturated rings. The maximum Gasteiger partial charge on any atom is 0.124 e. The zero-order valence-electron chi connectivity index (χ0n) is 9.95. The van der Waals surface area contributed by atoms with Gasteiger partial charge < -0.3 is 9.84 Å². The number of methoxy groups -OCH3 is 1. The lowest BCUT2D eigenvalue weighted by atomic mass is 10.1. The first-order chi connectivity index (χ1) is 8.74.